The van der Waals surface area contributed by atoms with Gasteiger partial charge in [0, 0.05) is 17.8 Å². The Balaban J connectivity index is 1.73. The monoisotopic (exact) mass is 519 g/mol. The van der Waals surface area contributed by atoms with Gasteiger partial charge in [-0.25, -0.2) is 13.4 Å². The highest BCUT2D eigenvalue weighted by Gasteiger charge is 2.24. The summed E-state index contributed by atoms with van der Waals surface area (Å²) in [6.45, 7) is 3.51. The largest absolute Gasteiger partial charge is 0.493 e. The minimum absolute atomic E-state index is 0.0422. The summed E-state index contributed by atoms with van der Waals surface area (Å²) in [5.41, 5.74) is 1.05. The van der Waals surface area contributed by atoms with Gasteiger partial charge in [0.1, 0.15) is 0 Å². The SMILES string of the molecule is COc1cc(NC(=O)CSc2ncc(S(=O)(=O)c3ccc(C)cc3C)c(=O)[nH]2)cc(OC)c1OC. The molecule has 1 amide bonds. The van der Waals surface area contributed by atoms with E-state index in [0.29, 0.717) is 28.5 Å². The molecule has 0 aliphatic carbocycles. The number of methoxy groups -OCH3 is 3. The molecule has 0 bridgehead atoms. The van der Waals surface area contributed by atoms with Gasteiger partial charge < -0.3 is 24.5 Å². The third-order valence-corrected chi connectivity index (χ3v) is 7.74. The van der Waals surface area contributed by atoms with Crippen LogP contribution in [-0.2, 0) is 14.6 Å². The topological polar surface area (TPSA) is 137 Å². The average Bonchev–Trinajstić information content (AvgIpc) is 2.81. The predicted octanol–water partition coefficient (Wildman–Crippen LogP) is 2.98. The third-order valence-electron chi connectivity index (χ3n) is 4.94. The quantitative estimate of drug-likeness (QED) is 0.323. The number of hydrogen-bond donors (Lipinski definition) is 2. The number of benzene rings is 2. The second-order valence-electron chi connectivity index (χ2n) is 7.40. The molecule has 1 heterocycles. The summed E-state index contributed by atoms with van der Waals surface area (Å²) < 4.78 is 41.7. The van der Waals surface area contributed by atoms with Gasteiger partial charge in [-0.3, -0.25) is 9.59 Å². The van der Waals surface area contributed by atoms with E-state index in [9.17, 15) is 18.0 Å². The van der Waals surface area contributed by atoms with Crippen molar-refractivity contribution in [2.24, 2.45) is 0 Å². The number of carbonyl (C=O) groups is 1. The van der Waals surface area contributed by atoms with Crippen molar-refractivity contribution >= 4 is 33.2 Å². The van der Waals surface area contributed by atoms with Gasteiger partial charge in [-0.2, -0.15) is 0 Å². The Bertz CT molecular complexity index is 1390. The molecule has 0 fully saturated rings. The van der Waals surface area contributed by atoms with Crippen LogP contribution in [0.25, 0.3) is 0 Å². The average molecular weight is 520 g/mol. The molecule has 0 aliphatic heterocycles. The predicted molar refractivity (Wildman–Crippen MR) is 132 cm³/mol. The molecule has 186 valence electrons. The number of nitrogens with zero attached hydrogens (tertiary/aromatic N) is 1. The van der Waals surface area contributed by atoms with Crippen LogP contribution in [0.2, 0.25) is 0 Å². The number of sulfone groups is 1. The number of carbonyl (C=O) groups excluding carboxylic acids is 1. The van der Waals surface area contributed by atoms with Crippen molar-refractivity contribution in [1.82, 2.24) is 9.97 Å². The lowest BCUT2D eigenvalue weighted by Gasteiger charge is -2.14. The van der Waals surface area contributed by atoms with E-state index in [4.69, 9.17) is 14.2 Å². The second kappa shape index (κ2) is 10.8. The summed E-state index contributed by atoms with van der Waals surface area (Å²) in [5, 5.41) is 2.81. The van der Waals surface area contributed by atoms with E-state index < -0.39 is 20.3 Å². The maximum Gasteiger partial charge on any atom is 0.270 e. The number of ether oxygens (including phenoxy) is 3. The smallest absolute Gasteiger partial charge is 0.270 e. The van der Waals surface area contributed by atoms with Crippen LogP contribution in [0.5, 0.6) is 17.2 Å². The fraction of sp³-hybridized carbons (Fsp3) is 0.261. The summed E-state index contributed by atoms with van der Waals surface area (Å²) in [5.74, 6) is 0.657. The van der Waals surface area contributed by atoms with Crippen LogP contribution in [-0.4, -0.2) is 51.4 Å². The molecule has 0 spiro atoms. The van der Waals surface area contributed by atoms with E-state index >= 15 is 0 Å². The first-order valence-electron chi connectivity index (χ1n) is 10.2. The van der Waals surface area contributed by atoms with Gasteiger partial charge >= 0.3 is 0 Å². The van der Waals surface area contributed by atoms with E-state index in [2.05, 4.69) is 15.3 Å². The molecule has 3 rings (SSSR count). The van der Waals surface area contributed by atoms with Crippen LogP contribution in [0.1, 0.15) is 11.1 Å². The van der Waals surface area contributed by atoms with Crippen LogP contribution in [0.15, 0.2) is 56.3 Å². The van der Waals surface area contributed by atoms with Crippen molar-refractivity contribution in [3.63, 3.8) is 0 Å². The minimum Gasteiger partial charge on any atom is -0.493 e. The normalized spacial score (nSPS) is 11.1. The first kappa shape index (κ1) is 26.1. The van der Waals surface area contributed by atoms with E-state index in [-0.39, 0.29) is 21.7 Å². The molecule has 2 N–H and O–H groups in total. The van der Waals surface area contributed by atoms with Crippen molar-refractivity contribution in [2.75, 3.05) is 32.4 Å². The van der Waals surface area contributed by atoms with E-state index in [1.165, 1.54) is 27.4 Å². The Kier molecular flexibility index (Phi) is 8.07. The van der Waals surface area contributed by atoms with Gasteiger partial charge in [-0.1, -0.05) is 29.5 Å². The number of aromatic amines is 1. The van der Waals surface area contributed by atoms with Crippen molar-refractivity contribution in [1.29, 1.82) is 0 Å². The number of hydrogen-bond acceptors (Lipinski definition) is 9. The van der Waals surface area contributed by atoms with Gasteiger partial charge in [0.05, 0.1) is 38.2 Å². The molecule has 10 nitrogen and oxygen atoms in total. The fourth-order valence-corrected chi connectivity index (χ4v) is 5.42. The zero-order valence-electron chi connectivity index (χ0n) is 19.8. The van der Waals surface area contributed by atoms with Crippen LogP contribution in [0.4, 0.5) is 5.69 Å². The number of amides is 1. The van der Waals surface area contributed by atoms with Gasteiger partial charge in [-0.05, 0) is 25.5 Å². The van der Waals surface area contributed by atoms with Crippen LogP contribution in [0.3, 0.4) is 0 Å². The zero-order chi connectivity index (χ0) is 25.8. The molecule has 0 radical (unpaired) electrons. The molecule has 0 atom stereocenters. The number of rotatable bonds is 9. The Morgan fingerprint density at radius 2 is 1.69 bits per heavy atom. The summed E-state index contributed by atoms with van der Waals surface area (Å²) in [6.07, 6.45) is 1.01. The maximum absolute atomic E-state index is 13.0. The van der Waals surface area contributed by atoms with Gasteiger partial charge in [-0.15, -0.1) is 0 Å². The summed E-state index contributed by atoms with van der Waals surface area (Å²) in [4.78, 5) is 31.0. The lowest BCUT2D eigenvalue weighted by atomic mass is 10.2. The lowest BCUT2D eigenvalue weighted by Crippen LogP contribution is -2.20. The number of aromatic nitrogens is 2. The molecule has 2 aromatic carbocycles. The molecule has 0 saturated heterocycles. The Morgan fingerprint density at radius 1 is 1.03 bits per heavy atom. The number of aryl methyl sites for hydroxylation is 2. The van der Waals surface area contributed by atoms with E-state index in [1.54, 1.807) is 31.2 Å². The lowest BCUT2D eigenvalue weighted by molar-refractivity contribution is -0.113. The number of anilines is 1. The second-order valence-corrected chi connectivity index (χ2v) is 10.3. The molecule has 0 aliphatic rings. The zero-order valence-corrected chi connectivity index (χ0v) is 21.4. The summed E-state index contributed by atoms with van der Waals surface area (Å²) in [6, 6.07) is 8.02. The van der Waals surface area contributed by atoms with Crippen LogP contribution >= 0.6 is 11.8 Å². The molecular formula is C23H25N3O7S2. The fourth-order valence-electron chi connectivity index (χ4n) is 3.34. The van der Waals surface area contributed by atoms with E-state index in [1.807, 2.05) is 6.92 Å². The van der Waals surface area contributed by atoms with Crippen LogP contribution in [0, 0.1) is 13.8 Å². The first-order chi connectivity index (χ1) is 16.6. The summed E-state index contributed by atoms with van der Waals surface area (Å²) >= 11 is 0.949. The van der Waals surface area contributed by atoms with E-state index in [0.717, 1.165) is 23.5 Å². The number of nitrogens with one attached hydrogen (secondary N) is 2. The molecule has 35 heavy (non-hydrogen) atoms. The van der Waals surface area contributed by atoms with Crippen molar-refractivity contribution in [3.05, 3.63) is 58.0 Å². The molecule has 0 unspecified atom stereocenters. The molecule has 3 aromatic rings. The van der Waals surface area contributed by atoms with Gasteiger partial charge in [0.2, 0.25) is 21.5 Å². The summed E-state index contributed by atoms with van der Waals surface area (Å²) in [7, 11) is 0.346. The van der Waals surface area contributed by atoms with Gasteiger partial charge in [0.25, 0.3) is 5.56 Å². The molecule has 1 aromatic heterocycles. The molecule has 0 saturated carbocycles. The highest BCUT2D eigenvalue weighted by atomic mass is 32.2. The maximum atomic E-state index is 13.0. The minimum atomic E-state index is -4.05. The third kappa shape index (κ3) is 5.77. The molecule has 12 heteroatoms. The Labute approximate surface area is 207 Å². The standard InChI is InChI=1S/C23H25N3O7S2/c1-13-6-7-18(14(2)8-13)35(29,30)19-11-24-23(26-22(19)28)34-12-20(27)25-15-9-16(31-3)21(33-5)17(10-15)32-4/h6-11H,12H2,1-5H3,(H,25,27)(H,24,26,28). The van der Waals surface area contributed by atoms with Crippen molar-refractivity contribution in [2.45, 2.75) is 28.8 Å². The van der Waals surface area contributed by atoms with Crippen LogP contribution < -0.4 is 25.1 Å². The first-order valence-corrected chi connectivity index (χ1v) is 12.7. The van der Waals surface area contributed by atoms with Crippen molar-refractivity contribution in [3.8, 4) is 17.2 Å². The number of H-pyrrole nitrogens is 1. The van der Waals surface area contributed by atoms with Gasteiger partial charge in [0.15, 0.2) is 21.6 Å². The molecular weight excluding hydrogens is 494 g/mol. The Hall–Kier alpha value is -3.51. The Morgan fingerprint density at radius 3 is 2.23 bits per heavy atom. The highest BCUT2D eigenvalue weighted by molar-refractivity contribution is 7.99. The highest BCUT2D eigenvalue weighted by Crippen LogP contribution is 2.40. The van der Waals surface area contributed by atoms with Crippen molar-refractivity contribution < 1.29 is 27.4 Å². The number of thioether (sulfide) groups is 1.